The topological polar surface area (TPSA) is 64.0 Å². The average molecular weight is 424 g/mol. The molecule has 1 N–H and O–H groups in total. The monoisotopic (exact) mass is 423 g/mol. The zero-order valence-electron chi connectivity index (χ0n) is 18.4. The molecular formula is C27H25N3O2. The smallest absolute Gasteiger partial charge is 0.280 e. The first kappa shape index (κ1) is 21.2. The van der Waals surface area contributed by atoms with Crippen LogP contribution in [-0.2, 0) is 6.54 Å². The molecule has 3 aromatic carbocycles. The fraction of sp³-hybridized carbons (Fsp3) is 0.148. The van der Waals surface area contributed by atoms with E-state index in [2.05, 4.69) is 10.4 Å². The molecule has 0 saturated carbocycles. The molecule has 0 unspecified atom stereocenters. The number of rotatable bonds is 5. The first-order valence-corrected chi connectivity index (χ1v) is 10.6. The Hall–Kier alpha value is -3.99. The maximum Gasteiger partial charge on any atom is 0.280 e. The molecule has 0 fully saturated rings. The van der Waals surface area contributed by atoms with Gasteiger partial charge in [0, 0.05) is 23.4 Å². The SMILES string of the molecule is CCn1nc(-c2ccccc2)c(-c2ccccc2)c(C(=O)Nc2ccc(C)c(C)c2)c1=O. The van der Waals surface area contributed by atoms with Gasteiger partial charge in [-0.15, -0.1) is 0 Å². The fourth-order valence-corrected chi connectivity index (χ4v) is 3.69. The second-order valence-electron chi connectivity index (χ2n) is 7.70. The maximum atomic E-state index is 13.5. The van der Waals surface area contributed by atoms with Crippen LogP contribution in [0, 0.1) is 13.8 Å². The van der Waals surface area contributed by atoms with Crippen molar-refractivity contribution in [3.8, 4) is 22.4 Å². The second-order valence-corrected chi connectivity index (χ2v) is 7.70. The molecule has 0 atom stereocenters. The van der Waals surface area contributed by atoms with E-state index < -0.39 is 11.5 Å². The van der Waals surface area contributed by atoms with Crippen molar-refractivity contribution in [1.82, 2.24) is 9.78 Å². The molecule has 4 rings (SSSR count). The predicted molar refractivity (Wildman–Crippen MR) is 129 cm³/mol. The second kappa shape index (κ2) is 9.02. The van der Waals surface area contributed by atoms with Gasteiger partial charge in [0.1, 0.15) is 5.56 Å². The van der Waals surface area contributed by atoms with Crippen molar-refractivity contribution in [2.45, 2.75) is 27.3 Å². The molecule has 0 bridgehead atoms. The van der Waals surface area contributed by atoms with Crippen LogP contribution in [0.1, 0.15) is 28.4 Å². The molecule has 5 nitrogen and oxygen atoms in total. The summed E-state index contributed by atoms with van der Waals surface area (Å²) >= 11 is 0. The van der Waals surface area contributed by atoms with Crippen LogP contribution >= 0.6 is 0 Å². The third kappa shape index (κ3) is 4.10. The molecule has 0 aliphatic rings. The van der Waals surface area contributed by atoms with Crippen LogP contribution in [0.15, 0.2) is 83.7 Å². The summed E-state index contributed by atoms with van der Waals surface area (Å²) in [4.78, 5) is 26.9. The summed E-state index contributed by atoms with van der Waals surface area (Å²) in [6, 6.07) is 24.8. The van der Waals surface area contributed by atoms with Gasteiger partial charge in [-0.25, -0.2) is 4.68 Å². The summed E-state index contributed by atoms with van der Waals surface area (Å²) in [5.74, 6) is -0.445. The number of anilines is 1. The minimum absolute atomic E-state index is 0.0881. The van der Waals surface area contributed by atoms with E-state index in [4.69, 9.17) is 0 Å². The Kier molecular flexibility index (Phi) is 5.99. The lowest BCUT2D eigenvalue weighted by Gasteiger charge is -2.17. The van der Waals surface area contributed by atoms with E-state index in [0.717, 1.165) is 22.3 Å². The Morgan fingerprint density at radius 3 is 2.09 bits per heavy atom. The molecule has 0 saturated heterocycles. The van der Waals surface area contributed by atoms with E-state index in [1.54, 1.807) is 0 Å². The van der Waals surface area contributed by atoms with E-state index in [0.29, 0.717) is 23.5 Å². The van der Waals surface area contributed by atoms with Crippen molar-refractivity contribution in [1.29, 1.82) is 0 Å². The van der Waals surface area contributed by atoms with Crippen molar-refractivity contribution < 1.29 is 4.79 Å². The highest BCUT2D eigenvalue weighted by Crippen LogP contribution is 2.32. The number of amides is 1. The summed E-state index contributed by atoms with van der Waals surface area (Å²) in [6.45, 7) is 6.21. The van der Waals surface area contributed by atoms with E-state index in [1.165, 1.54) is 4.68 Å². The lowest BCUT2D eigenvalue weighted by atomic mass is 9.95. The Bertz CT molecular complexity index is 1330. The summed E-state index contributed by atoms with van der Waals surface area (Å²) in [6.07, 6.45) is 0. The van der Waals surface area contributed by atoms with Crippen molar-refractivity contribution in [3.05, 3.63) is 106 Å². The van der Waals surface area contributed by atoms with Gasteiger partial charge in [0.2, 0.25) is 0 Å². The number of carbonyl (C=O) groups is 1. The Morgan fingerprint density at radius 2 is 1.50 bits per heavy atom. The maximum absolute atomic E-state index is 13.5. The molecule has 4 aromatic rings. The van der Waals surface area contributed by atoms with E-state index in [9.17, 15) is 9.59 Å². The minimum Gasteiger partial charge on any atom is -0.322 e. The first-order chi connectivity index (χ1) is 15.5. The number of carbonyl (C=O) groups excluding carboxylic acids is 1. The summed E-state index contributed by atoms with van der Waals surface area (Å²) in [5, 5.41) is 7.56. The summed E-state index contributed by atoms with van der Waals surface area (Å²) in [5.41, 5.74) is 5.28. The Balaban J connectivity index is 1.96. The van der Waals surface area contributed by atoms with Gasteiger partial charge >= 0.3 is 0 Å². The van der Waals surface area contributed by atoms with Crippen LogP contribution in [0.2, 0.25) is 0 Å². The summed E-state index contributed by atoms with van der Waals surface area (Å²) < 4.78 is 1.35. The molecule has 1 amide bonds. The molecule has 32 heavy (non-hydrogen) atoms. The zero-order chi connectivity index (χ0) is 22.7. The van der Waals surface area contributed by atoms with Crippen LogP contribution in [0.25, 0.3) is 22.4 Å². The van der Waals surface area contributed by atoms with E-state index in [-0.39, 0.29) is 5.56 Å². The predicted octanol–water partition coefficient (Wildman–Crippen LogP) is 5.47. The van der Waals surface area contributed by atoms with Gasteiger partial charge in [0.15, 0.2) is 0 Å². The molecule has 1 aromatic heterocycles. The molecule has 0 aliphatic carbocycles. The number of nitrogens with one attached hydrogen (secondary N) is 1. The molecule has 1 heterocycles. The van der Waals surface area contributed by atoms with Gasteiger partial charge in [-0.2, -0.15) is 5.10 Å². The molecule has 0 spiro atoms. The van der Waals surface area contributed by atoms with Crippen LogP contribution in [-0.4, -0.2) is 15.7 Å². The molecular weight excluding hydrogens is 398 g/mol. The minimum atomic E-state index is -0.445. The third-order valence-corrected chi connectivity index (χ3v) is 5.56. The number of hydrogen-bond donors (Lipinski definition) is 1. The van der Waals surface area contributed by atoms with Gasteiger partial charge in [0.25, 0.3) is 11.5 Å². The standard InChI is InChI=1S/C27H25N3O2/c1-4-30-27(32)24(26(31)28-22-16-15-18(2)19(3)17-22)23(20-11-7-5-8-12-20)25(29-30)21-13-9-6-10-14-21/h5-17H,4H2,1-3H3,(H,28,31). The first-order valence-electron chi connectivity index (χ1n) is 10.6. The lowest BCUT2D eigenvalue weighted by molar-refractivity contribution is 0.102. The van der Waals surface area contributed by atoms with Crippen LogP contribution in [0.5, 0.6) is 0 Å². The van der Waals surface area contributed by atoms with Gasteiger partial charge in [-0.05, 0) is 49.6 Å². The van der Waals surface area contributed by atoms with E-state index >= 15 is 0 Å². The third-order valence-electron chi connectivity index (χ3n) is 5.56. The van der Waals surface area contributed by atoms with Gasteiger partial charge in [-0.1, -0.05) is 66.7 Å². The highest BCUT2D eigenvalue weighted by Gasteiger charge is 2.25. The van der Waals surface area contributed by atoms with Crippen molar-refractivity contribution in [2.24, 2.45) is 0 Å². The van der Waals surface area contributed by atoms with Crippen LogP contribution < -0.4 is 10.9 Å². The number of benzene rings is 3. The van der Waals surface area contributed by atoms with Crippen molar-refractivity contribution in [2.75, 3.05) is 5.32 Å². The number of aryl methyl sites for hydroxylation is 3. The lowest BCUT2D eigenvalue weighted by Crippen LogP contribution is -2.32. The van der Waals surface area contributed by atoms with Gasteiger partial charge in [-0.3, -0.25) is 9.59 Å². The summed E-state index contributed by atoms with van der Waals surface area (Å²) in [7, 11) is 0. The molecule has 0 aliphatic heterocycles. The van der Waals surface area contributed by atoms with Gasteiger partial charge < -0.3 is 5.32 Å². The van der Waals surface area contributed by atoms with Crippen LogP contribution in [0.4, 0.5) is 5.69 Å². The quantitative estimate of drug-likeness (QED) is 0.463. The van der Waals surface area contributed by atoms with Crippen molar-refractivity contribution >= 4 is 11.6 Å². The van der Waals surface area contributed by atoms with E-state index in [1.807, 2.05) is 99.6 Å². The molecule has 160 valence electrons. The highest BCUT2D eigenvalue weighted by atomic mass is 16.2. The Morgan fingerprint density at radius 1 is 0.875 bits per heavy atom. The normalized spacial score (nSPS) is 10.7. The number of aromatic nitrogens is 2. The highest BCUT2D eigenvalue weighted by molar-refractivity contribution is 6.10. The number of nitrogens with zero attached hydrogens (tertiary/aromatic N) is 2. The van der Waals surface area contributed by atoms with Crippen LogP contribution in [0.3, 0.4) is 0 Å². The molecule has 0 radical (unpaired) electrons. The Labute approximate surface area is 187 Å². The largest absolute Gasteiger partial charge is 0.322 e. The zero-order valence-corrected chi connectivity index (χ0v) is 18.4. The fourth-order valence-electron chi connectivity index (χ4n) is 3.69. The number of hydrogen-bond acceptors (Lipinski definition) is 3. The average Bonchev–Trinajstić information content (AvgIpc) is 2.82. The van der Waals surface area contributed by atoms with Crippen molar-refractivity contribution in [3.63, 3.8) is 0 Å². The molecule has 5 heteroatoms. The van der Waals surface area contributed by atoms with Gasteiger partial charge in [0.05, 0.1) is 5.69 Å².